The van der Waals surface area contributed by atoms with Gasteiger partial charge in [-0.05, 0) is 50.9 Å². The molecule has 0 saturated carbocycles. The lowest BCUT2D eigenvalue weighted by Gasteiger charge is -2.32. The molecular formula is C14H20N2O2. The fourth-order valence-electron chi connectivity index (χ4n) is 2.24. The molecule has 4 heteroatoms. The van der Waals surface area contributed by atoms with Crippen LogP contribution in [0.5, 0.6) is 5.75 Å². The maximum absolute atomic E-state index is 11.9. The number of anilines is 1. The van der Waals surface area contributed by atoms with E-state index in [-0.39, 0.29) is 18.6 Å². The summed E-state index contributed by atoms with van der Waals surface area (Å²) in [4.78, 5) is 13.7. The van der Waals surface area contributed by atoms with Crippen LogP contribution in [0.4, 0.5) is 5.69 Å². The van der Waals surface area contributed by atoms with E-state index >= 15 is 0 Å². The van der Waals surface area contributed by atoms with Crippen molar-refractivity contribution in [2.24, 2.45) is 5.73 Å². The van der Waals surface area contributed by atoms with Crippen molar-refractivity contribution in [3.8, 4) is 5.75 Å². The largest absolute Gasteiger partial charge is 0.482 e. The average molecular weight is 248 g/mol. The number of amides is 1. The number of nitrogens with zero attached hydrogens (tertiary/aromatic N) is 1. The number of fused-ring (bicyclic) bond motifs is 1. The predicted octanol–water partition coefficient (Wildman–Crippen LogP) is 1.71. The zero-order valence-electron chi connectivity index (χ0n) is 11.0. The van der Waals surface area contributed by atoms with Crippen molar-refractivity contribution in [3.63, 3.8) is 0 Å². The molecule has 4 nitrogen and oxygen atoms in total. The van der Waals surface area contributed by atoms with E-state index in [9.17, 15) is 4.79 Å². The van der Waals surface area contributed by atoms with Gasteiger partial charge < -0.3 is 15.4 Å². The summed E-state index contributed by atoms with van der Waals surface area (Å²) in [6.45, 7) is 4.84. The number of nitrogens with two attached hydrogens (primary N) is 1. The Morgan fingerprint density at radius 3 is 2.89 bits per heavy atom. The third kappa shape index (κ3) is 2.48. The molecule has 0 aromatic heterocycles. The molecule has 0 bridgehead atoms. The monoisotopic (exact) mass is 248 g/mol. The molecule has 1 aliphatic rings. The van der Waals surface area contributed by atoms with E-state index in [0.29, 0.717) is 6.54 Å². The van der Waals surface area contributed by atoms with Crippen LogP contribution in [-0.2, 0) is 11.2 Å². The fraction of sp³-hybridized carbons (Fsp3) is 0.500. The number of rotatable bonds is 4. The fourth-order valence-corrected chi connectivity index (χ4v) is 2.24. The number of carbonyl (C=O) groups is 1. The topological polar surface area (TPSA) is 55.6 Å². The summed E-state index contributed by atoms with van der Waals surface area (Å²) < 4.78 is 5.46. The highest BCUT2D eigenvalue weighted by molar-refractivity contribution is 5.98. The minimum Gasteiger partial charge on any atom is -0.482 e. The minimum absolute atomic E-state index is 0.0217. The lowest BCUT2D eigenvalue weighted by Crippen LogP contribution is -2.43. The third-order valence-corrected chi connectivity index (χ3v) is 3.09. The Balaban J connectivity index is 2.32. The van der Waals surface area contributed by atoms with Crippen LogP contribution in [0.15, 0.2) is 18.2 Å². The molecule has 0 spiro atoms. The lowest BCUT2D eigenvalue weighted by molar-refractivity contribution is -0.121. The van der Waals surface area contributed by atoms with E-state index in [1.807, 2.05) is 36.9 Å². The Kier molecular flexibility index (Phi) is 3.87. The second-order valence-electron chi connectivity index (χ2n) is 4.84. The van der Waals surface area contributed by atoms with Gasteiger partial charge in [0, 0.05) is 6.04 Å². The van der Waals surface area contributed by atoms with Gasteiger partial charge in [-0.3, -0.25) is 4.79 Å². The van der Waals surface area contributed by atoms with Gasteiger partial charge in [0.15, 0.2) is 6.61 Å². The van der Waals surface area contributed by atoms with Crippen LogP contribution in [0.25, 0.3) is 0 Å². The van der Waals surface area contributed by atoms with Crippen molar-refractivity contribution in [3.05, 3.63) is 23.8 Å². The van der Waals surface area contributed by atoms with Crippen LogP contribution in [0.1, 0.15) is 25.8 Å². The Morgan fingerprint density at radius 1 is 1.44 bits per heavy atom. The van der Waals surface area contributed by atoms with Crippen LogP contribution < -0.4 is 15.4 Å². The molecule has 98 valence electrons. The second kappa shape index (κ2) is 5.40. The quantitative estimate of drug-likeness (QED) is 0.882. The van der Waals surface area contributed by atoms with Gasteiger partial charge in [-0.15, -0.1) is 0 Å². The van der Waals surface area contributed by atoms with Gasteiger partial charge in [0.05, 0.1) is 5.69 Å². The number of carbonyl (C=O) groups excluding carboxylic acids is 1. The van der Waals surface area contributed by atoms with Gasteiger partial charge in [-0.1, -0.05) is 6.07 Å². The molecule has 1 aromatic rings. The predicted molar refractivity (Wildman–Crippen MR) is 71.9 cm³/mol. The molecule has 1 amide bonds. The van der Waals surface area contributed by atoms with E-state index in [4.69, 9.17) is 10.5 Å². The number of benzene rings is 1. The third-order valence-electron chi connectivity index (χ3n) is 3.09. The van der Waals surface area contributed by atoms with E-state index < -0.39 is 0 Å². The summed E-state index contributed by atoms with van der Waals surface area (Å²) in [5.74, 6) is 0.813. The minimum atomic E-state index is 0.0217. The van der Waals surface area contributed by atoms with Crippen LogP contribution in [0.3, 0.4) is 0 Å². The highest BCUT2D eigenvalue weighted by atomic mass is 16.5. The zero-order valence-corrected chi connectivity index (χ0v) is 11.0. The first-order valence-corrected chi connectivity index (χ1v) is 6.41. The van der Waals surface area contributed by atoms with Crippen LogP contribution in [0.2, 0.25) is 0 Å². The van der Waals surface area contributed by atoms with Gasteiger partial charge in [0.25, 0.3) is 5.91 Å². The van der Waals surface area contributed by atoms with Crippen LogP contribution in [0, 0.1) is 0 Å². The van der Waals surface area contributed by atoms with Crippen molar-refractivity contribution in [2.45, 2.75) is 32.7 Å². The summed E-state index contributed by atoms with van der Waals surface area (Å²) >= 11 is 0. The molecule has 0 radical (unpaired) electrons. The molecule has 18 heavy (non-hydrogen) atoms. The molecule has 0 aliphatic carbocycles. The average Bonchev–Trinajstić information content (AvgIpc) is 2.35. The van der Waals surface area contributed by atoms with Gasteiger partial charge in [-0.25, -0.2) is 0 Å². The molecule has 0 atom stereocenters. The Morgan fingerprint density at radius 2 is 2.22 bits per heavy atom. The van der Waals surface area contributed by atoms with Crippen molar-refractivity contribution >= 4 is 11.6 Å². The van der Waals surface area contributed by atoms with E-state index in [0.717, 1.165) is 24.3 Å². The Bertz CT molecular complexity index is 443. The molecule has 2 N–H and O–H groups in total. The van der Waals surface area contributed by atoms with Crippen molar-refractivity contribution in [2.75, 3.05) is 18.1 Å². The Hall–Kier alpha value is -1.55. The standard InChI is InChI=1S/C14H20N2O2/c1-10(2)16-12-8-11(4-3-7-15)5-6-13(12)18-9-14(16)17/h5-6,8,10H,3-4,7,9,15H2,1-2H3. The number of hydrogen-bond acceptors (Lipinski definition) is 3. The smallest absolute Gasteiger partial charge is 0.265 e. The molecule has 0 unspecified atom stereocenters. The molecule has 1 aliphatic heterocycles. The summed E-state index contributed by atoms with van der Waals surface area (Å²) in [5, 5.41) is 0. The summed E-state index contributed by atoms with van der Waals surface area (Å²) in [6.07, 6.45) is 1.89. The number of hydrogen-bond donors (Lipinski definition) is 1. The first kappa shape index (κ1) is 12.9. The van der Waals surface area contributed by atoms with E-state index in [2.05, 4.69) is 0 Å². The van der Waals surface area contributed by atoms with Gasteiger partial charge in [0.1, 0.15) is 5.75 Å². The van der Waals surface area contributed by atoms with Crippen LogP contribution in [-0.4, -0.2) is 25.1 Å². The summed E-state index contributed by atoms with van der Waals surface area (Å²) in [7, 11) is 0. The normalized spacial score (nSPS) is 14.7. The number of aryl methyl sites for hydroxylation is 1. The summed E-state index contributed by atoms with van der Waals surface area (Å²) in [6, 6.07) is 6.18. The molecule has 0 saturated heterocycles. The highest BCUT2D eigenvalue weighted by Crippen LogP contribution is 2.34. The maximum atomic E-state index is 11.9. The molecule has 2 rings (SSSR count). The van der Waals surface area contributed by atoms with E-state index in [1.54, 1.807) is 0 Å². The lowest BCUT2D eigenvalue weighted by atomic mass is 10.1. The van der Waals surface area contributed by atoms with Crippen molar-refractivity contribution in [1.29, 1.82) is 0 Å². The SMILES string of the molecule is CC(C)N1C(=O)COc2ccc(CCCN)cc21. The molecule has 1 heterocycles. The first-order chi connectivity index (χ1) is 8.63. The first-order valence-electron chi connectivity index (χ1n) is 6.41. The summed E-state index contributed by atoms with van der Waals surface area (Å²) in [5.41, 5.74) is 7.60. The van der Waals surface area contributed by atoms with Crippen molar-refractivity contribution < 1.29 is 9.53 Å². The van der Waals surface area contributed by atoms with Gasteiger partial charge >= 0.3 is 0 Å². The van der Waals surface area contributed by atoms with E-state index in [1.165, 1.54) is 5.56 Å². The van der Waals surface area contributed by atoms with Gasteiger partial charge in [0.2, 0.25) is 0 Å². The molecular weight excluding hydrogens is 228 g/mol. The van der Waals surface area contributed by atoms with Gasteiger partial charge in [-0.2, -0.15) is 0 Å². The Labute approximate surface area is 108 Å². The van der Waals surface area contributed by atoms with Crippen molar-refractivity contribution in [1.82, 2.24) is 0 Å². The second-order valence-corrected chi connectivity index (χ2v) is 4.84. The number of ether oxygens (including phenoxy) is 1. The molecule has 0 fully saturated rings. The molecule has 1 aromatic carbocycles. The maximum Gasteiger partial charge on any atom is 0.265 e. The zero-order chi connectivity index (χ0) is 13.1. The highest BCUT2D eigenvalue weighted by Gasteiger charge is 2.27. The van der Waals surface area contributed by atoms with Crippen LogP contribution >= 0.6 is 0 Å².